The standard InChI is InChI=1S/C30H39N3O6/c1-4-38-27(35)20-33-29(37)26(16-11-17-30(33,2)3)31-28(36)25(18-23-12-7-5-8-13-23)19-32(22-34)39-21-24-14-9-6-10-15-24/h5-10,12-15,22,25-26H,4,11,16-21H2,1-3H3,(H,31,36)/t25-,26+/m1/s1. The summed E-state index contributed by atoms with van der Waals surface area (Å²) in [4.78, 5) is 58.5. The normalized spacial score (nSPS) is 17.6. The third-order valence-corrected chi connectivity index (χ3v) is 6.94. The summed E-state index contributed by atoms with van der Waals surface area (Å²) in [7, 11) is 0. The summed E-state index contributed by atoms with van der Waals surface area (Å²) >= 11 is 0. The lowest BCUT2D eigenvalue weighted by atomic mass is 9.96. The lowest BCUT2D eigenvalue weighted by Crippen LogP contribution is -2.56. The van der Waals surface area contributed by atoms with E-state index in [4.69, 9.17) is 9.57 Å². The van der Waals surface area contributed by atoms with Crippen LogP contribution in [0, 0.1) is 5.92 Å². The van der Waals surface area contributed by atoms with Crippen LogP contribution >= 0.6 is 0 Å². The summed E-state index contributed by atoms with van der Waals surface area (Å²) in [5.74, 6) is -1.82. The van der Waals surface area contributed by atoms with Crippen LogP contribution in [0.4, 0.5) is 0 Å². The van der Waals surface area contributed by atoms with E-state index in [0.717, 1.165) is 16.2 Å². The van der Waals surface area contributed by atoms with Gasteiger partial charge in [-0.25, -0.2) is 5.06 Å². The highest BCUT2D eigenvalue weighted by Gasteiger charge is 2.40. The minimum atomic E-state index is -0.790. The van der Waals surface area contributed by atoms with Crippen LogP contribution in [-0.2, 0) is 41.8 Å². The van der Waals surface area contributed by atoms with Crippen molar-refractivity contribution in [1.82, 2.24) is 15.3 Å². The molecule has 2 aromatic carbocycles. The molecule has 9 nitrogen and oxygen atoms in total. The van der Waals surface area contributed by atoms with E-state index in [2.05, 4.69) is 5.32 Å². The van der Waals surface area contributed by atoms with E-state index in [9.17, 15) is 19.2 Å². The topological polar surface area (TPSA) is 105 Å². The number of hydrogen-bond acceptors (Lipinski definition) is 6. The van der Waals surface area contributed by atoms with Gasteiger partial charge in [-0.3, -0.25) is 24.0 Å². The Balaban J connectivity index is 1.75. The number of amides is 3. The van der Waals surface area contributed by atoms with Crippen molar-refractivity contribution in [3.8, 4) is 0 Å². The molecule has 0 saturated carbocycles. The third-order valence-electron chi connectivity index (χ3n) is 6.94. The summed E-state index contributed by atoms with van der Waals surface area (Å²) in [6.07, 6.45) is 2.75. The summed E-state index contributed by atoms with van der Waals surface area (Å²) < 4.78 is 5.09. The maximum atomic E-state index is 13.6. The van der Waals surface area contributed by atoms with Gasteiger partial charge in [0.2, 0.25) is 18.2 Å². The Morgan fingerprint density at radius 2 is 1.74 bits per heavy atom. The van der Waals surface area contributed by atoms with Crippen molar-refractivity contribution in [3.05, 3.63) is 71.8 Å². The number of benzene rings is 2. The molecular formula is C30H39N3O6. The molecule has 1 heterocycles. The Bertz CT molecular complexity index is 1090. The highest BCUT2D eigenvalue weighted by atomic mass is 16.7. The minimum absolute atomic E-state index is 0.00993. The van der Waals surface area contributed by atoms with Gasteiger partial charge in [-0.15, -0.1) is 0 Å². The molecule has 1 aliphatic heterocycles. The van der Waals surface area contributed by atoms with Gasteiger partial charge in [0.15, 0.2) is 0 Å². The van der Waals surface area contributed by atoms with Crippen LogP contribution in [0.15, 0.2) is 60.7 Å². The van der Waals surface area contributed by atoms with Gasteiger partial charge >= 0.3 is 5.97 Å². The van der Waals surface area contributed by atoms with Crippen molar-refractivity contribution < 1.29 is 28.8 Å². The molecule has 1 aliphatic rings. The molecule has 0 spiro atoms. The van der Waals surface area contributed by atoms with Gasteiger partial charge in [-0.05, 0) is 57.6 Å². The highest BCUT2D eigenvalue weighted by molar-refractivity contribution is 5.91. The van der Waals surface area contributed by atoms with Crippen LogP contribution in [0.3, 0.4) is 0 Å². The zero-order valence-corrected chi connectivity index (χ0v) is 23.0. The van der Waals surface area contributed by atoms with Gasteiger partial charge in [-0.1, -0.05) is 60.7 Å². The second-order valence-electron chi connectivity index (χ2n) is 10.3. The average Bonchev–Trinajstić information content (AvgIpc) is 3.02. The number of rotatable bonds is 13. The molecule has 9 heteroatoms. The van der Waals surface area contributed by atoms with E-state index in [1.807, 2.05) is 74.5 Å². The van der Waals surface area contributed by atoms with E-state index < -0.39 is 23.5 Å². The Morgan fingerprint density at radius 1 is 1.10 bits per heavy atom. The minimum Gasteiger partial charge on any atom is -0.465 e. The van der Waals surface area contributed by atoms with Gasteiger partial charge in [0.1, 0.15) is 19.2 Å². The molecule has 0 aliphatic carbocycles. The molecule has 1 N–H and O–H groups in total. The van der Waals surface area contributed by atoms with E-state index in [0.29, 0.717) is 32.1 Å². The van der Waals surface area contributed by atoms with Crippen molar-refractivity contribution in [2.45, 2.75) is 64.6 Å². The monoisotopic (exact) mass is 537 g/mol. The molecule has 2 atom stereocenters. The molecule has 2 aromatic rings. The van der Waals surface area contributed by atoms with Crippen molar-refractivity contribution in [2.75, 3.05) is 19.7 Å². The molecular weight excluding hydrogens is 498 g/mol. The molecule has 0 unspecified atom stereocenters. The van der Waals surface area contributed by atoms with Crippen molar-refractivity contribution in [1.29, 1.82) is 0 Å². The maximum absolute atomic E-state index is 13.6. The molecule has 3 rings (SSSR count). The Labute approximate surface area is 230 Å². The molecule has 0 aromatic heterocycles. The number of ether oxygens (including phenoxy) is 1. The lowest BCUT2D eigenvalue weighted by Gasteiger charge is -2.37. The number of nitrogens with one attached hydrogen (secondary N) is 1. The largest absolute Gasteiger partial charge is 0.465 e. The van der Waals surface area contributed by atoms with E-state index >= 15 is 0 Å². The molecule has 3 amide bonds. The van der Waals surface area contributed by atoms with Gasteiger partial charge in [0.25, 0.3) is 0 Å². The number of hydrogen-bond donors (Lipinski definition) is 1. The number of likely N-dealkylation sites (tertiary alicyclic amines) is 1. The van der Waals surface area contributed by atoms with Crippen LogP contribution in [0.2, 0.25) is 0 Å². The lowest BCUT2D eigenvalue weighted by molar-refractivity contribution is -0.182. The second kappa shape index (κ2) is 14.4. The maximum Gasteiger partial charge on any atom is 0.325 e. The zero-order valence-electron chi connectivity index (χ0n) is 23.0. The average molecular weight is 538 g/mol. The number of carbonyl (C=O) groups excluding carboxylic acids is 4. The number of hydroxylamine groups is 2. The van der Waals surface area contributed by atoms with Crippen LogP contribution in [0.1, 0.15) is 51.2 Å². The summed E-state index contributed by atoms with van der Waals surface area (Å²) in [6.45, 7) is 5.79. The Kier molecular flexibility index (Phi) is 11.0. The van der Waals surface area contributed by atoms with Crippen molar-refractivity contribution in [2.24, 2.45) is 5.92 Å². The molecule has 1 fully saturated rings. The van der Waals surface area contributed by atoms with E-state index in [-0.39, 0.29) is 38.1 Å². The molecule has 0 radical (unpaired) electrons. The molecule has 1 saturated heterocycles. The van der Waals surface area contributed by atoms with Gasteiger partial charge in [0.05, 0.1) is 19.1 Å². The van der Waals surface area contributed by atoms with Crippen LogP contribution in [-0.4, -0.2) is 65.4 Å². The van der Waals surface area contributed by atoms with E-state index in [1.165, 1.54) is 4.90 Å². The van der Waals surface area contributed by atoms with Crippen molar-refractivity contribution in [3.63, 3.8) is 0 Å². The first-order valence-electron chi connectivity index (χ1n) is 13.4. The first-order valence-corrected chi connectivity index (χ1v) is 13.4. The second-order valence-corrected chi connectivity index (χ2v) is 10.3. The first-order chi connectivity index (χ1) is 18.7. The van der Waals surface area contributed by atoms with Gasteiger partial charge in [-0.2, -0.15) is 0 Å². The summed E-state index contributed by atoms with van der Waals surface area (Å²) in [5.41, 5.74) is 1.25. The summed E-state index contributed by atoms with van der Waals surface area (Å²) in [5, 5.41) is 4.06. The van der Waals surface area contributed by atoms with Crippen molar-refractivity contribution >= 4 is 24.2 Å². The predicted octanol–water partition coefficient (Wildman–Crippen LogP) is 3.27. The molecule has 210 valence electrons. The van der Waals surface area contributed by atoms with Crippen LogP contribution < -0.4 is 5.32 Å². The molecule has 39 heavy (non-hydrogen) atoms. The smallest absolute Gasteiger partial charge is 0.325 e. The number of esters is 1. The summed E-state index contributed by atoms with van der Waals surface area (Å²) in [6, 6.07) is 18.1. The van der Waals surface area contributed by atoms with Crippen LogP contribution in [0.25, 0.3) is 0 Å². The highest BCUT2D eigenvalue weighted by Crippen LogP contribution is 2.28. The van der Waals surface area contributed by atoms with Gasteiger partial charge < -0.3 is 15.0 Å². The fourth-order valence-corrected chi connectivity index (χ4v) is 4.75. The predicted molar refractivity (Wildman–Crippen MR) is 146 cm³/mol. The fourth-order valence-electron chi connectivity index (χ4n) is 4.75. The first kappa shape index (κ1) is 29.8. The van der Waals surface area contributed by atoms with E-state index in [1.54, 1.807) is 6.92 Å². The fraction of sp³-hybridized carbons (Fsp3) is 0.467. The Morgan fingerprint density at radius 3 is 2.36 bits per heavy atom. The number of carbonyl (C=O) groups is 4. The quantitative estimate of drug-likeness (QED) is 0.239. The Hall–Kier alpha value is -3.72. The molecule has 0 bridgehead atoms. The SMILES string of the molecule is CCOC(=O)CN1C(=O)[C@@H](NC(=O)[C@H](Cc2ccccc2)CN(C=O)OCc2ccccc2)CCCC1(C)C. The van der Waals surface area contributed by atoms with Crippen LogP contribution in [0.5, 0.6) is 0 Å². The zero-order chi connectivity index (χ0) is 28.3. The third kappa shape index (κ3) is 8.92. The van der Waals surface area contributed by atoms with Gasteiger partial charge in [0, 0.05) is 5.54 Å². The number of nitrogens with zero attached hydrogens (tertiary/aromatic N) is 2.